The number of nitrogens with zero attached hydrogens (tertiary/aromatic N) is 3. The van der Waals surface area contributed by atoms with E-state index in [0.29, 0.717) is 67.4 Å². The summed E-state index contributed by atoms with van der Waals surface area (Å²) >= 11 is 0. The summed E-state index contributed by atoms with van der Waals surface area (Å²) in [5, 5.41) is 6.40. The zero-order chi connectivity index (χ0) is 28.6. The molecule has 0 radical (unpaired) electrons. The Hall–Kier alpha value is -4.37. The number of nitrogens with one attached hydrogen (secondary N) is 2. The summed E-state index contributed by atoms with van der Waals surface area (Å²) in [5.41, 5.74) is 3.10. The molecule has 9 heteroatoms. The number of benzene rings is 3. The van der Waals surface area contributed by atoms with Crippen molar-refractivity contribution < 1.29 is 19.1 Å². The summed E-state index contributed by atoms with van der Waals surface area (Å²) in [5.74, 6) is 0.342. The molecule has 0 atom stereocenters. The highest BCUT2D eigenvalue weighted by Crippen LogP contribution is 2.30. The number of anilines is 2. The molecule has 2 N–H and O–H groups in total. The van der Waals surface area contributed by atoms with E-state index in [2.05, 4.69) is 15.5 Å². The summed E-state index contributed by atoms with van der Waals surface area (Å²) in [4.78, 5) is 45.8. The molecule has 2 aliphatic heterocycles. The summed E-state index contributed by atoms with van der Waals surface area (Å²) in [6, 6.07) is 21.8. The van der Waals surface area contributed by atoms with Gasteiger partial charge in [-0.25, -0.2) is 0 Å². The van der Waals surface area contributed by atoms with Crippen LogP contribution in [0, 0.1) is 0 Å². The van der Waals surface area contributed by atoms with E-state index in [0.717, 1.165) is 31.6 Å². The van der Waals surface area contributed by atoms with E-state index < -0.39 is 0 Å². The number of hydrogen-bond donors (Lipinski definition) is 2. The van der Waals surface area contributed by atoms with Crippen molar-refractivity contribution in [2.75, 3.05) is 69.7 Å². The fourth-order valence-corrected chi connectivity index (χ4v) is 5.36. The lowest BCUT2D eigenvalue weighted by Gasteiger charge is -2.27. The van der Waals surface area contributed by atoms with Crippen LogP contribution in [0.4, 0.5) is 11.4 Å². The molecule has 3 amide bonds. The lowest BCUT2D eigenvalue weighted by molar-refractivity contribution is 0.0759. The Bertz CT molecular complexity index is 1370. The van der Waals surface area contributed by atoms with E-state index in [4.69, 9.17) is 4.74 Å². The van der Waals surface area contributed by atoms with Crippen molar-refractivity contribution in [3.05, 3.63) is 89.5 Å². The predicted molar refractivity (Wildman–Crippen MR) is 160 cm³/mol. The van der Waals surface area contributed by atoms with Gasteiger partial charge in [-0.15, -0.1) is 0 Å². The third kappa shape index (κ3) is 6.86. The van der Waals surface area contributed by atoms with Crippen molar-refractivity contribution in [3.63, 3.8) is 0 Å². The van der Waals surface area contributed by atoms with Crippen LogP contribution in [0.2, 0.25) is 0 Å². The van der Waals surface area contributed by atoms with Gasteiger partial charge in [0.05, 0.1) is 18.5 Å². The molecule has 3 aromatic carbocycles. The minimum absolute atomic E-state index is 0.0313. The normalized spacial score (nSPS) is 16.0. The molecular weight excluding hydrogens is 518 g/mol. The molecule has 41 heavy (non-hydrogen) atoms. The average molecular weight is 556 g/mol. The van der Waals surface area contributed by atoms with Crippen molar-refractivity contribution in [2.45, 2.75) is 12.8 Å². The molecule has 2 aliphatic rings. The maximum Gasteiger partial charge on any atom is 0.255 e. The molecule has 2 heterocycles. The van der Waals surface area contributed by atoms with E-state index in [1.165, 1.54) is 0 Å². The Balaban J connectivity index is 1.38. The first-order chi connectivity index (χ1) is 20.0. The van der Waals surface area contributed by atoms with Crippen LogP contribution >= 0.6 is 0 Å². The highest BCUT2D eigenvalue weighted by Gasteiger charge is 2.24. The molecule has 214 valence electrons. The minimum atomic E-state index is -0.236. The van der Waals surface area contributed by atoms with Gasteiger partial charge in [-0.1, -0.05) is 24.3 Å². The first-order valence-electron chi connectivity index (χ1n) is 14.2. The van der Waals surface area contributed by atoms with Gasteiger partial charge in [-0.05, 0) is 67.9 Å². The molecule has 0 spiro atoms. The fourth-order valence-electron chi connectivity index (χ4n) is 5.36. The van der Waals surface area contributed by atoms with Gasteiger partial charge >= 0.3 is 0 Å². The topological polar surface area (TPSA) is 94.2 Å². The Labute approximate surface area is 241 Å². The van der Waals surface area contributed by atoms with Gasteiger partial charge in [-0.3, -0.25) is 14.4 Å². The molecule has 0 aliphatic carbocycles. The first kappa shape index (κ1) is 28.2. The third-order valence-electron chi connectivity index (χ3n) is 7.60. The van der Waals surface area contributed by atoms with Crippen molar-refractivity contribution in [1.29, 1.82) is 0 Å². The lowest BCUT2D eigenvalue weighted by atomic mass is 10.1. The fraction of sp³-hybridized carbons (Fsp3) is 0.344. The molecule has 5 rings (SSSR count). The highest BCUT2D eigenvalue weighted by atomic mass is 16.5. The second-order valence-corrected chi connectivity index (χ2v) is 10.3. The highest BCUT2D eigenvalue weighted by molar-refractivity contribution is 6.07. The van der Waals surface area contributed by atoms with Crippen LogP contribution in [-0.4, -0.2) is 87.0 Å². The van der Waals surface area contributed by atoms with Gasteiger partial charge in [0.25, 0.3) is 17.7 Å². The van der Waals surface area contributed by atoms with Crippen LogP contribution in [0.5, 0.6) is 5.75 Å². The number of rotatable bonds is 6. The van der Waals surface area contributed by atoms with Crippen molar-refractivity contribution >= 4 is 29.1 Å². The molecule has 2 fully saturated rings. The van der Waals surface area contributed by atoms with E-state index >= 15 is 0 Å². The summed E-state index contributed by atoms with van der Waals surface area (Å²) in [7, 11) is 1.59. The van der Waals surface area contributed by atoms with E-state index in [-0.39, 0.29) is 17.7 Å². The maximum absolute atomic E-state index is 13.4. The SMILES string of the molecule is COc1cccc(C(=O)N2CCCN(c3ccc(C(=O)N4CCCNCC4)cc3NC(=O)c3ccccc3)CC2)c1. The summed E-state index contributed by atoms with van der Waals surface area (Å²) in [6.07, 6.45) is 1.67. The zero-order valence-electron chi connectivity index (χ0n) is 23.5. The molecule has 0 unspecified atom stereocenters. The van der Waals surface area contributed by atoms with Crippen molar-refractivity contribution in [3.8, 4) is 5.75 Å². The largest absolute Gasteiger partial charge is 0.497 e. The van der Waals surface area contributed by atoms with Crippen LogP contribution in [0.25, 0.3) is 0 Å². The lowest BCUT2D eigenvalue weighted by Crippen LogP contribution is -2.35. The minimum Gasteiger partial charge on any atom is -0.497 e. The monoisotopic (exact) mass is 555 g/mol. The first-order valence-corrected chi connectivity index (χ1v) is 14.2. The Morgan fingerprint density at radius 1 is 0.707 bits per heavy atom. The van der Waals surface area contributed by atoms with Crippen molar-refractivity contribution in [1.82, 2.24) is 15.1 Å². The number of amides is 3. The average Bonchev–Trinajstić information content (AvgIpc) is 3.45. The standard InChI is InChI=1S/C32H37N5O4/c1-41-27-11-5-10-25(22-27)31(39)37-18-7-17-35(20-21-37)29-13-12-26(32(40)36-16-6-14-33-15-19-36)23-28(29)34-30(38)24-8-3-2-4-9-24/h2-5,8-13,22-23,33H,6-7,14-21H2,1H3,(H,34,38). The molecule has 0 bridgehead atoms. The van der Waals surface area contributed by atoms with Gasteiger partial charge in [0.15, 0.2) is 0 Å². The number of methoxy groups -OCH3 is 1. The van der Waals surface area contributed by atoms with Crippen molar-refractivity contribution in [2.24, 2.45) is 0 Å². The summed E-state index contributed by atoms with van der Waals surface area (Å²) in [6.45, 7) is 5.46. The predicted octanol–water partition coefficient (Wildman–Crippen LogP) is 3.74. The van der Waals surface area contributed by atoms with Crippen LogP contribution in [0.15, 0.2) is 72.8 Å². The number of hydrogen-bond acceptors (Lipinski definition) is 6. The smallest absolute Gasteiger partial charge is 0.255 e. The van der Waals surface area contributed by atoms with Gasteiger partial charge in [0.2, 0.25) is 0 Å². The summed E-state index contributed by atoms with van der Waals surface area (Å²) < 4.78 is 5.30. The molecule has 0 aromatic heterocycles. The van der Waals surface area contributed by atoms with E-state index in [1.54, 1.807) is 37.4 Å². The molecule has 2 saturated heterocycles. The number of carbonyl (C=O) groups is 3. The Morgan fingerprint density at radius 2 is 1.44 bits per heavy atom. The quantitative estimate of drug-likeness (QED) is 0.482. The number of carbonyl (C=O) groups excluding carboxylic acids is 3. The molecule has 9 nitrogen and oxygen atoms in total. The zero-order valence-corrected chi connectivity index (χ0v) is 23.5. The van der Waals surface area contributed by atoms with Crippen LogP contribution in [0.1, 0.15) is 43.9 Å². The van der Waals surface area contributed by atoms with E-state index in [9.17, 15) is 14.4 Å². The van der Waals surface area contributed by atoms with Gasteiger partial charge in [0, 0.05) is 62.5 Å². The van der Waals surface area contributed by atoms with Crippen LogP contribution < -0.4 is 20.3 Å². The van der Waals surface area contributed by atoms with Gasteiger partial charge in [-0.2, -0.15) is 0 Å². The Morgan fingerprint density at radius 3 is 2.24 bits per heavy atom. The number of ether oxygens (including phenoxy) is 1. The van der Waals surface area contributed by atoms with Crippen LogP contribution in [0.3, 0.4) is 0 Å². The van der Waals surface area contributed by atoms with Crippen LogP contribution in [-0.2, 0) is 0 Å². The maximum atomic E-state index is 13.4. The second kappa shape index (κ2) is 13.3. The van der Waals surface area contributed by atoms with E-state index in [1.807, 2.05) is 52.3 Å². The molecular formula is C32H37N5O4. The third-order valence-corrected chi connectivity index (χ3v) is 7.60. The Kier molecular flexibility index (Phi) is 9.15. The molecule has 3 aromatic rings. The van der Waals surface area contributed by atoms with Gasteiger partial charge in [0.1, 0.15) is 5.75 Å². The molecule has 0 saturated carbocycles. The van der Waals surface area contributed by atoms with Gasteiger partial charge < -0.3 is 30.1 Å². The second-order valence-electron chi connectivity index (χ2n) is 10.3.